The molecule has 1 atom stereocenters. The SMILES string of the molecule is CC(C)(O)c1nc(-c2cncc([C@@](O)(c3ccc(C(F)(C(F)(F)F)C(F)(F)F)cc3)C3(C)CN(C(=O)O)C3)c2)no1. The fraction of sp³-hybridized carbons (Fsp3) is 0.440. The van der Waals surface area contributed by atoms with E-state index in [-0.39, 0.29) is 53.6 Å². The first-order chi connectivity index (χ1) is 18.6. The lowest BCUT2D eigenvalue weighted by Gasteiger charge is -2.55. The number of alkyl halides is 7. The summed E-state index contributed by atoms with van der Waals surface area (Å²) in [5.41, 5.74) is -12.7. The minimum Gasteiger partial charge on any atom is -0.465 e. The molecule has 3 N–H and O–H groups in total. The van der Waals surface area contributed by atoms with E-state index in [0.29, 0.717) is 12.1 Å². The fourth-order valence-corrected chi connectivity index (χ4v) is 4.80. The van der Waals surface area contributed by atoms with Crippen LogP contribution in [0.5, 0.6) is 0 Å². The zero-order valence-corrected chi connectivity index (χ0v) is 21.5. The first-order valence-corrected chi connectivity index (χ1v) is 11.8. The van der Waals surface area contributed by atoms with Crippen molar-refractivity contribution in [2.24, 2.45) is 5.41 Å². The number of likely N-dealkylation sites (tertiary alicyclic amines) is 1. The van der Waals surface area contributed by atoms with E-state index in [0.717, 1.165) is 11.1 Å². The Morgan fingerprint density at radius 3 is 1.93 bits per heavy atom. The number of carbonyl (C=O) groups is 1. The van der Waals surface area contributed by atoms with E-state index in [1.54, 1.807) is 0 Å². The van der Waals surface area contributed by atoms with E-state index in [4.69, 9.17) is 4.52 Å². The molecule has 2 aromatic heterocycles. The molecule has 4 rings (SSSR count). The summed E-state index contributed by atoms with van der Waals surface area (Å²) < 4.78 is 99.4. The van der Waals surface area contributed by atoms with Crippen molar-refractivity contribution in [1.29, 1.82) is 0 Å². The monoisotopic (exact) mass is 592 g/mol. The van der Waals surface area contributed by atoms with E-state index in [2.05, 4.69) is 15.1 Å². The molecule has 0 unspecified atom stereocenters. The third kappa shape index (κ3) is 4.77. The Morgan fingerprint density at radius 1 is 0.927 bits per heavy atom. The van der Waals surface area contributed by atoms with Crippen LogP contribution >= 0.6 is 0 Å². The van der Waals surface area contributed by atoms with Crippen molar-refractivity contribution in [3.05, 3.63) is 65.3 Å². The number of hydrogen-bond acceptors (Lipinski definition) is 7. The van der Waals surface area contributed by atoms with Crippen LogP contribution in [-0.2, 0) is 16.9 Å². The Bertz CT molecular complexity index is 1430. The predicted octanol–water partition coefficient (Wildman–Crippen LogP) is 4.88. The van der Waals surface area contributed by atoms with Gasteiger partial charge in [-0.2, -0.15) is 31.3 Å². The summed E-state index contributed by atoms with van der Waals surface area (Å²) in [7, 11) is 0. The standard InChI is InChI=1S/C25H23F7N4O5/c1-20(2,39)18-34-17(35-41-18)13-8-16(10-33-9-13)22(40,21(3)11-36(12-21)19(37)38)14-4-6-15(7-5-14)23(26,24(27,28)29)25(30,31)32/h4-10,39-40H,11-12H2,1-3H3,(H,37,38)/t22-/m0/s1. The molecule has 3 heterocycles. The molecule has 0 aliphatic carbocycles. The fourth-order valence-electron chi connectivity index (χ4n) is 4.80. The van der Waals surface area contributed by atoms with Crippen molar-refractivity contribution in [3.63, 3.8) is 0 Å². The molecule has 1 aliphatic rings. The minimum absolute atomic E-state index is 0.0527. The Balaban J connectivity index is 1.85. The second-order valence-corrected chi connectivity index (χ2v) is 10.6. The summed E-state index contributed by atoms with van der Waals surface area (Å²) in [5, 5.41) is 35.4. The van der Waals surface area contributed by atoms with Crippen LogP contribution in [0.4, 0.5) is 35.5 Å². The molecule has 3 aromatic rings. The number of hydrogen-bond donors (Lipinski definition) is 3. The topological polar surface area (TPSA) is 133 Å². The van der Waals surface area contributed by atoms with E-state index in [9.17, 15) is 50.8 Å². The summed E-state index contributed by atoms with van der Waals surface area (Å²) in [5.74, 6) is -0.228. The van der Waals surface area contributed by atoms with E-state index < -0.39 is 46.3 Å². The van der Waals surface area contributed by atoms with Crippen LogP contribution in [0.15, 0.2) is 47.2 Å². The smallest absolute Gasteiger partial charge is 0.435 e. The molecule has 0 spiro atoms. The van der Waals surface area contributed by atoms with Gasteiger partial charge < -0.3 is 24.7 Å². The molecule has 0 bridgehead atoms. The molecule has 1 aromatic carbocycles. The van der Waals surface area contributed by atoms with Crippen molar-refractivity contribution < 1.29 is 55.4 Å². The lowest BCUT2D eigenvalue weighted by atomic mass is 9.62. The molecule has 1 aliphatic heterocycles. The highest BCUT2D eigenvalue weighted by atomic mass is 19.4. The van der Waals surface area contributed by atoms with Gasteiger partial charge in [-0.1, -0.05) is 36.3 Å². The van der Waals surface area contributed by atoms with Crippen molar-refractivity contribution >= 4 is 6.09 Å². The number of aliphatic hydroxyl groups is 2. The number of rotatable bonds is 6. The van der Waals surface area contributed by atoms with Crippen LogP contribution in [0.1, 0.15) is 43.4 Å². The molecule has 0 radical (unpaired) electrons. The Labute approximate surface area is 227 Å². The van der Waals surface area contributed by atoms with Crippen LogP contribution in [-0.4, -0.2) is 66.9 Å². The normalized spacial score (nSPS) is 17.6. The molecule has 1 fully saturated rings. The third-order valence-electron chi connectivity index (χ3n) is 7.07. The van der Waals surface area contributed by atoms with Gasteiger partial charge in [0.05, 0.1) is 0 Å². The van der Waals surface area contributed by atoms with Gasteiger partial charge in [-0.3, -0.25) is 4.98 Å². The number of carboxylic acid groups (broad SMARTS) is 1. The Morgan fingerprint density at radius 2 is 1.46 bits per heavy atom. The van der Waals surface area contributed by atoms with Crippen LogP contribution in [0.3, 0.4) is 0 Å². The number of amides is 1. The van der Waals surface area contributed by atoms with Gasteiger partial charge in [0.15, 0.2) is 0 Å². The van der Waals surface area contributed by atoms with Gasteiger partial charge in [-0.25, -0.2) is 9.18 Å². The van der Waals surface area contributed by atoms with Gasteiger partial charge in [0.1, 0.15) is 11.2 Å². The van der Waals surface area contributed by atoms with Crippen molar-refractivity contribution in [3.8, 4) is 11.4 Å². The molecular formula is C25H23F7N4O5. The molecule has 1 saturated heterocycles. The number of nitrogens with zero attached hydrogens (tertiary/aromatic N) is 4. The van der Waals surface area contributed by atoms with Crippen LogP contribution < -0.4 is 0 Å². The average Bonchev–Trinajstić information content (AvgIpc) is 3.36. The van der Waals surface area contributed by atoms with E-state index >= 15 is 0 Å². The molecule has 9 nitrogen and oxygen atoms in total. The van der Waals surface area contributed by atoms with Gasteiger partial charge in [0.2, 0.25) is 5.82 Å². The second-order valence-electron chi connectivity index (χ2n) is 10.6. The number of benzene rings is 1. The van der Waals surface area contributed by atoms with Crippen LogP contribution in [0.2, 0.25) is 0 Å². The molecule has 0 saturated carbocycles. The number of halogens is 7. The summed E-state index contributed by atoms with van der Waals surface area (Å²) >= 11 is 0. The lowest BCUT2D eigenvalue weighted by molar-refractivity contribution is -0.348. The van der Waals surface area contributed by atoms with Crippen molar-refractivity contribution in [2.75, 3.05) is 13.1 Å². The molecule has 1 amide bonds. The van der Waals surface area contributed by atoms with Crippen molar-refractivity contribution in [2.45, 2.75) is 50.0 Å². The van der Waals surface area contributed by atoms with Crippen LogP contribution in [0.25, 0.3) is 11.4 Å². The Kier molecular flexibility index (Phi) is 6.90. The predicted molar refractivity (Wildman–Crippen MR) is 125 cm³/mol. The van der Waals surface area contributed by atoms with Gasteiger partial charge >= 0.3 is 24.1 Å². The van der Waals surface area contributed by atoms with Gasteiger partial charge in [-0.05, 0) is 25.5 Å². The van der Waals surface area contributed by atoms with Crippen molar-refractivity contribution in [1.82, 2.24) is 20.0 Å². The van der Waals surface area contributed by atoms with Gasteiger partial charge in [0.25, 0.3) is 5.89 Å². The summed E-state index contributed by atoms with van der Waals surface area (Å²) in [6.07, 6.45) is -11.6. The highest BCUT2D eigenvalue weighted by Gasteiger charge is 2.73. The number of aromatic nitrogens is 3. The zero-order chi connectivity index (χ0) is 30.8. The number of pyridine rings is 1. The van der Waals surface area contributed by atoms with E-state index in [1.165, 1.54) is 33.0 Å². The summed E-state index contributed by atoms with van der Waals surface area (Å²) in [4.78, 5) is 20.5. The van der Waals surface area contributed by atoms with E-state index in [1.807, 2.05) is 0 Å². The maximum Gasteiger partial charge on any atom is 0.435 e. The quantitative estimate of drug-likeness (QED) is 0.345. The summed E-state index contributed by atoms with van der Waals surface area (Å²) in [6, 6.07) is 3.28. The molecular weight excluding hydrogens is 569 g/mol. The Hall–Kier alpha value is -3.79. The average molecular weight is 592 g/mol. The zero-order valence-electron chi connectivity index (χ0n) is 21.5. The maximum atomic E-state index is 14.6. The van der Waals surface area contributed by atoms with Gasteiger partial charge in [-0.15, -0.1) is 0 Å². The van der Waals surface area contributed by atoms with Gasteiger partial charge in [0, 0.05) is 47.6 Å². The highest BCUT2D eigenvalue weighted by molar-refractivity contribution is 5.67. The largest absolute Gasteiger partial charge is 0.465 e. The minimum atomic E-state index is -6.34. The maximum absolute atomic E-state index is 14.6. The molecule has 41 heavy (non-hydrogen) atoms. The molecule has 222 valence electrons. The first-order valence-electron chi connectivity index (χ1n) is 11.8. The third-order valence-corrected chi connectivity index (χ3v) is 7.07. The summed E-state index contributed by atoms with van der Waals surface area (Å²) in [6.45, 7) is 3.66. The second kappa shape index (κ2) is 9.37. The molecule has 16 heteroatoms. The van der Waals surface area contributed by atoms with Crippen LogP contribution in [0, 0.1) is 5.41 Å². The highest BCUT2D eigenvalue weighted by Crippen LogP contribution is 2.55. The first kappa shape index (κ1) is 30.2. The lowest BCUT2D eigenvalue weighted by Crippen LogP contribution is -2.66.